The van der Waals surface area contributed by atoms with Crippen LogP contribution in [0.15, 0.2) is 24.3 Å². The Hall–Kier alpha value is -0.820. The zero-order valence-electron chi connectivity index (χ0n) is 8.72. The van der Waals surface area contributed by atoms with Crippen molar-refractivity contribution in [3.05, 3.63) is 35.4 Å². The van der Waals surface area contributed by atoms with E-state index in [4.69, 9.17) is 0 Å². The SMILES string of the molecule is CC1Cc2ccccc2C12CCNC2. The van der Waals surface area contributed by atoms with E-state index in [-0.39, 0.29) is 0 Å². The molecule has 0 bridgehead atoms. The first-order valence-corrected chi connectivity index (χ1v) is 5.62. The van der Waals surface area contributed by atoms with Gasteiger partial charge in [0.15, 0.2) is 0 Å². The van der Waals surface area contributed by atoms with E-state index in [2.05, 4.69) is 36.5 Å². The molecule has 2 aliphatic rings. The molecule has 1 nitrogen and oxygen atoms in total. The summed E-state index contributed by atoms with van der Waals surface area (Å²) < 4.78 is 0. The number of benzene rings is 1. The fraction of sp³-hybridized carbons (Fsp3) is 0.538. The molecule has 1 aromatic rings. The van der Waals surface area contributed by atoms with Gasteiger partial charge < -0.3 is 5.32 Å². The molecule has 1 fully saturated rings. The van der Waals surface area contributed by atoms with E-state index in [1.165, 1.54) is 25.9 Å². The third-order valence-electron chi connectivity index (χ3n) is 4.21. The first-order chi connectivity index (χ1) is 6.83. The lowest BCUT2D eigenvalue weighted by Gasteiger charge is -2.29. The largest absolute Gasteiger partial charge is 0.316 e. The predicted molar refractivity (Wildman–Crippen MR) is 58.5 cm³/mol. The van der Waals surface area contributed by atoms with Crippen LogP contribution < -0.4 is 5.32 Å². The number of rotatable bonds is 0. The van der Waals surface area contributed by atoms with Crippen molar-refractivity contribution in [2.45, 2.75) is 25.2 Å². The van der Waals surface area contributed by atoms with Gasteiger partial charge in [-0.05, 0) is 36.4 Å². The Kier molecular flexibility index (Phi) is 1.72. The molecule has 1 aliphatic heterocycles. The summed E-state index contributed by atoms with van der Waals surface area (Å²) in [5.74, 6) is 0.815. The molecule has 3 rings (SSSR count). The number of hydrogen-bond acceptors (Lipinski definition) is 1. The fourth-order valence-corrected chi connectivity index (χ4v) is 3.34. The van der Waals surface area contributed by atoms with E-state index in [0.29, 0.717) is 5.41 Å². The van der Waals surface area contributed by atoms with Crippen LogP contribution in [0.2, 0.25) is 0 Å². The lowest BCUT2D eigenvalue weighted by Crippen LogP contribution is -2.32. The molecular formula is C13H17N. The monoisotopic (exact) mass is 187 g/mol. The molecule has 0 aromatic heterocycles. The molecule has 1 spiro atoms. The molecule has 0 radical (unpaired) electrons. The van der Waals surface area contributed by atoms with Gasteiger partial charge in [0.2, 0.25) is 0 Å². The molecule has 2 atom stereocenters. The second kappa shape index (κ2) is 2.83. The minimum atomic E-state index is 0.469. The second-order valence-corrected chi connectivity index (χ2v) is 4.85. The van der Waals surface area contributed by atoms with Crippen LogP contribution >= 0.6 is 0 Å². The van der Waals surface area contributed by atoms with Gasteiger partial charge in [-0.2, -0.15) is 0 Å². The minimum Gasteiger partial charge on any atom is -0.316 e. The molecule has 2 unspecified atom stereocenters. The van der Waals surface area contributed by atoms with Crippen LogP contribution in [0, 0.1) is 5.92 Å². The zero-order valence-corrected chi connectivity index (χ0v) is 8.72. The molecular weight excluding hydrogens is 170 g/mol. The molecule has 0 saturated carbocycles. The van der Waals surface area contributed by atoms with Crippen molar-refractivity contribution in [3.63, 3.8) is 0 Å². The Morgan fingerprint density at radius 2 is 2.21 bits per heavy atom. The highest BCUT2D eigenvalue weighted by molar-refractivity contribution is 5.41. The summed E-state index contributed by atoms with van der Waals surface area (Å²) in [7, 11) is 0. The predicted octanol–water partition coefficient (Wildman–Crippen LogP) is 2.11. The molecule has 1 saturated heterocycles. The summed E-state index contributed by atoms with van der Waals surface area (Å²) >= 11 is 0. The van der Waals surface area contributed by atoms with Gasteiger partial charge in [-0.15, -0.1) is 0 Å². The molecule has 1 heteroatoms. The van der Waals surface area contributed by atoms with E-state index < -0.39 is 0 Å². The standard InChI is InChI=1S/C13H17N/c1-10-8-11-4-2-3-5-12(11)13(10)6-7-14-9-13/h2-5,10,14H,6-9H2,1H3. The molecule has 0 amide bonds. The topological polar surface area (TPSA) is 12.0 Å². The van der Waals surface area contributed by atoms with Gasteiger partial charge in [0.25, 0.3) is 0 Å². The van der Waals surface area contributed by atoms with Gasteiger partial charge in [-0.25, -0.2) is 0 Å². The minimum absolute atomic E-state index is 0.469. The fourth-order valence-electron chi connectivity index (χ4n) is 3.34. The molecule has 14 heavy (non-hydrogen) atoms. The Morgan fingerprint density at radius 1 is 1.36 bits per heavy atom. The Balaban J connectivity index is 2.14. The van der Waals surface area contributed by atoms with Crippen molar-refractivity contribution in [1.29, 1.82) is 0 Å². The maximum atomic E-state index is 3.53. The van der Waals surface area contributed by atoms with Crippen molar-refractivity contribution in [1.82, 2.24) is 5.32 Å². The Labute approximate surface area is 85.5 Å². The van der Waals surface area contributed by atoms with E-state index in [9.17, 15) is 0 Å². The van der Waals surface area contributed by atoms with Crippen molar-refractivity contribution in [3.8, 4) is 0 Å². The second-order valence-electron chi connectivity index (χ2n) is 4.85. The average Bonchev–Trinajstić information content (AvgIpc) is 2.77. The van der Waals surface area contributed by atoms with Gasteiger partial charge >= 0.3 is 0 Å². The van der Waals surface area contributed by atoms with Gasteiger partial charge in [0.1, 0.15) is 0 Å². The van der Waals surface area contributed by atoms with Crippen LogP contribution in [-0.2, 0) is 11.8 Å². The third kappa shape index (κ3) is 0.936. The summed E-state index contributed by atoms with van der Waals surface area (Å²) in [6.45, 7) is 4.79. The van der Waals surface area contributed by atoms with Gasteiger partial charge in [0, 0.05) is 12.0 Å². The Bertz CT molecular complexity index is 350. The summed E-state index contributed by atoms with van der Waals surface area (Å²) in [5.41, 5.74) is 3.68. The smallest absolute Gasteiger partial charge is 0.0121 e. The van der Waals surface area contributed by atoms with Crippen LogP contribution in [0.25, 0.3) is 0 Å². The van der Waals surface area contributed by atoms with Gasteiger partial charge in [-0.1, -0.05) is 31.2 Å². The lowest BCUT2D eigenvalue weighted by molar-refractivity contribution is 0.344. The molecule has 1 aromatic carbocycles. The van der Waals surface area contributed by atoms with E-state index in [1.54, 1.807) is 11.1 Å². The molecule has 74 valence electrons. The first kappa shape index (κ1) is 8.49. The highest BCUT2D eigenvalue weighted by Crippen LogP contribution is 2.46. The highest BCUT2D eigenvalue weighted by atomic mass is 14.9. The van der Waals surface area contributed by atoms with E-state index >= 15 is 0 Å². The third-order valence-corrected chi connectivity index (χ3v) is 4.21. The number of nitrogens with one attached hydrogen (secondary N) is 1. The molecule has 1 aliphatic carbocycles. The van der Waals surface area contributed by atoms with Crippen LogP contribution in [0.1, 0.15) is 24.5 Å². The van der Waals surface area contributed by atoms with E-state index in [1.807, 2.05) is 0 Å². The maximum Gasteiger partial charge on any atom is 0.0121 e. The van der Waals surface area contributed by atoms with Crippen molar-refractivity contribution >= 4 is 0 Å². The first-order valence-electron chi connectivity index (χ1n) is 5.62. The Morgan fingerprint density at radius 3 is 3.00 bits per heavy atom. The number of fused-ring (bicyclic) bond motifs is 2. The highest BCUT2D eigenvalue weighted by Gasteiger charge is 2.45. The van der Waals surface area contributed by atoms with Crippen molar-refractivity contribution in [2.75, 3.05) is 13.1 Å². The van der Waals surface area contributed by atoms with Crippen molar-refractivity contribution in [2.24, 2.45) is 5.92 Å². The van der Waals surface area contributed by atoms with Crippen LogP contribution in [-0.4, -0.2) is 13.1 Å². The van der Waals surface area contributed by atoms with Crippen LogP contribution in [0.4, 0.5) is 0 Å². The van der Waals surface area contributed by atoms with Crippen molar-refractivity contribution < 1.29 is 0 Å². The summed E-state index contributed by atoms with van der Waals surface area (Å²) in [6.07, 6.45) is 2.60. The lowest BCUT2D eigenvalue weighted by atomic mass is 9.75. The summed E-state index contributed by atoms with van der Waals surface area (Å²) in [4.78, 5) is 0. The summed E-state index contributed by atoms with van der Waals surface area (Å²) in [5, 5.41) is 3.53. The van der Waals surface area contributed by atoms with Gasteiger partial charge in [0.05, 0.1) is 0 Å². The number of hydrogen-bond donors (Lipinski definition) is 1. The normalized spacial score (nSPS) is 35.1. The molecule has 1 heterocycles. The van der Waals surface area contributed by atoms with Gasteiger partial charge in [-0.3, -0.25) is 0 Å². The van der Waals surface area contributed by atoms with Crippen LogP contribution in [0.3, 0.4) is 0 Å². The quantitative estimate of drug-likeness (QED) is 0.656. The average molecular weight is 187 g/mol. The molecule has 1 N–H and O–H groups in total. The zero-order chi connectivity index (χ0) is 9.60. The maximum absolute atomic E-state index is 3.53. The van der Waals surface area contributed by atoms with Crippen LogP contribution in [0.5, 0.6) is 0 Å². The summed E-state index contributed by atoms with van der Waals surface area (Å²) in [6, 6.07) is 9.01. The van der Waals surface area contributed by atoms with E-state index in [0.717, 1.165) is 5.92 Å².